The Morgan fingerprint density at radius 2 is 1.25 bits per heavy atom. The number of hydrogen-bond donors (Lipinski definition) is 0. The predicted molar refractivity (Wildman–Crippen MR) is 77.2 cm³/mol. The van der Waals surface area contributed by atoms with Crippen molar-refractivity contribution in [2.24, 2.45) is 0 Å². The van der Waals surface area contributed by atoms with E-state index in [0.717, 1.165) is 33.8 Å². The number of rotatable bonds is 2. The number of methoxy groups -OCH3 is 2. The molecule has 20 heavy (non-hydrogen) atoms. The quantitative estimate of drug-likeness (QED) is 0.774. The van der Waals surface area contributed by atoms with Gasteiger partial charge in [0, 0.05) is 14.2 Å². The highest BCUT2D eigenvalue weighted by Crippen LogP contribution is 2.49. The van der Waals surface area contributed by atoms with Gasteiger partial charge in [0.15, 0.2) is 0 Å². The molecule has 3 rings (SSSR count). The van der Waals surface area contributed by atoms with Crippen molar-refractivity contribution in [1.29, 1.82) is 0 Å². The average Bonchev–Trinajstić information content (AvgIpc) is 2.46. The van der Waals surface area contributed by atoms with Crippen LogP contribution in [0.1, 0.15) is 22.3 Å². The van der Waals surface area contributed by atoms with Gasteiger partial charge in [-0.15, -0.1) is 0 Å². The Hall–Kier alpha value is -1.84. The van der Waals surface area contributed by atoms with E-state index in [0.29, 0.717) is 0 Å². The summed E-state index contributed by atoms with van der Waals surface area (Å²) in [5.74, 6) is 0.632. The van der Waals surface area contributed by atoms with Crippen LogP contribution in [-0.2, 0) is 15.3 Å². The van der Waals surface area contributed by atoms with Crippen molar-refractivity contribution in [2.75, 3.05) is 14.2 Å². The van der Waals surface area contributed by atoms with E-state index in [1.807, 2.05) is 50.2 Å². The maximum Gasteiger partial charge on any atom is 0.229 e. The van der Waals surface area contributed by atoms with Crippen LogP contribution in [0.15, 0.2) is 36.4 Å². The summed E-state index contributed by atoms with van der Waals surface area (Å²) >= 11 is 0. The molecule has 3 heteroatoms. The number of benzene rings is 2. The minimum Gasteiger partial charge on any atom is -0.456 e. The van der Waals surface area contributed by atoms with Crippen molar-refractivity contribution in [1.82, 2.24) is 0 Å². The molecule has 0 spiro atoms. The molecule has 2 aromatic rings. The fraction of sp³-hybridized carbons (Fsp3) is 0.294. The summed E-state index contributed by atoms with van der Waals surface area (Å²) in [6.45, 7) is 4.09. The highest BCUT2D eigenvalue weighted by Gasteiger charge is 2.43. The molecule has 0 amide bonds. The first kappa shape index (κ1) is 13.2. The molecule has 0 aromatic heterocycles. The predicted octanol–water partition coefficient (Wildman–Crippen LogP) is 3.90. The van der Waals surface area contributed by atoms with E-state index in [1.54, 1.807) is 14.2 Å². The fourth-order valence-electron chi connectivity index (χ4n) is 2.77. The smallest absolute Gasteiger partial charge is 0.229 e. The third-order valence-corrected chi connectivity index (χ3v) is 3.77. The molecule has 3 nitrogen and oxygen atoms in total. The molecule has 1 aliphatic rings. The van der Waals surface area contributed by atoms with Gasteiger partial charge in [-0.25, -0.2) is 0 Å². The van der Waals surface area contributed by atoms with Crippen LogP contribution in [0.5, 0.6) is 11.5 Å². The zero-order valence-corrected chi connectivity index (χ0v) is 12.2. The average molecular weight is 270 g/mol. The van der Waals surface area contributed by atoms with E-state index >= 15 is 0 Å². The van der Waals surface area contributed by atoms with Gasteiger partial charge in [-0.1, -0.05) is 23.3 Å². The summed E-state index contributed by atoms with van der Waals surface area (Å²) in [7, 11) is 3.32. The van der Waals surface area contributed by atoms with Crippen molar-refractivity contribution in [3.8, 4) is 11.5 Å². The first-order valence-electron chi connectivity index (χ1n) is 6.61. The van der Waals surface area contributed by atoms with Crippen LogP contribution in [0.4, 0.5) is 0 Å². The lowest BCUT2D eigenvalue weighted by Gasteiger charge is -2.37. The van der Waals surface area contributed by atoms with Gasteiger partial charge < -0.3 is 14.2 Å². The van der Waals surface area contributed by atoms with E-state index < -0.39 is 5.79 Å². The molecular weight excluding hydrogens is 252 g/mol. The number of fused-ring (bicyclic) bond motifs is 2. The van der Waals surface area contributed by atoms with Crippen LogP contribution in [0.3, 0.4) is 0 Å². The molecule has 0 N–H and O–H groups in total. The summed E-state index contributed by atoms with van der Waals surface area (Å²) in [5, 5.41) is 0. The van der Waals surface area contributed by atoms with Gasteiger partial charge in [0.2, 0.25) is 5.79 Å². The molecule has 1 aliphatic heterocycles. The van der Waals surface area contributed by atoms with Gasteiger partial charge in [0.1, 0.15) is 11.5 Å². The first-order valence-corrected chi connectivity index (χ1v) is 6.61. The van der Waals surface area contributed by atoms with Gasteiger partial charge in [-0.2, -0.15) is 0 Å². The Morgan fingerprint density at radius 1 is 0.800 bits per heavy atom. The molecule has 2 aromatic carbocycles. The monoisotopic (exact) mass is 270 g/mol. The van der Waals surface area contributed by atoms with Gasteiger partial charge in [-0.3, -0.25) is 0 Å². The fourth-order valence-corrected chi connectivity index (χ4v) is 2.77. The first-order chi connectivity index (χ1) is 9.60. The summed E-state index contributed by atoms with van der Waals surface area (Å²) in [6, 6.07) is 12.1. The second kappa shape index (κ2) is 4.62. The van der Waals surface area contributed by atoms with Gasteiger partial charge in [0.05, 0.1) is 11.1 Å². The minimum atomic E-state index is -0.916. The largest absolute Gasteiger partial charge is 0.456 e. The van der Waals surface area contributed by atoms with E-state index in [1.165, 1.54) is 0 Å². The van der Waals surface area contributed by atoms with Crippen molar-refractivity contribution in [2.45, 2.75) is 19.6 Å². The summed E-state index contributed by atoms with van der Waals surface area (Å²) in [5.41, 5.74) is 4.09. The zero-order chi connectivity index (χ0) is 14.3. The second-order valence-corrected chi connectivity index (χ2v) is 5.13. The molecular formula is C17H18O3. The Labute approximate surface area is 119 Å². The number of aryl methyl sites for hydroxylation is 2. The van der Waals surface area contributed by atoms with Crippen LogP contribution in [0, 0.1) is 13.8 Å². The lowest BCUT2D eigenvalue weighted by Crippen LogP contribution is -2.35. The van der Waals surface area contributed by atoms with E-state index in [9.17, 15) is 0 Å². The Morgan fingerprint density at radius 3 is 1.65 bits per heavy atom. The molecule has 0 saturated carbocycles. The topological polar surface area (TPSA) is 27.7 Å². The van der Waals surface area contributed by atoms with Gasteiger partial charge in [-0.05, 0) is 38.1 Å². The Bertz CT molecular complexity index is 604. The van der Waals surface area contributed by atoms with Crippen LogP contribution in [-0.4, -0.2) is 14.2 Å². The van der Waals surface area contributed by atoms with Crippen LogP contribution < -0.4 is 4.74 Å². The van der Waals surface area contributed by atoms with E-state index in [4.69, 9.17) is 14.2 Å². The standard InChI is InChI=1S/C17H18O3/c1-11-5-7-15-13(9-11)17(18-3,19-4)14-10-12(2)6-8-16(14)20-15/h5-10H,1-4H3. The summed E-state index contributed by atoms with van der Waals surface area (Å²) in [6.07, 6.45) is 0. The van der Waals surface area contributed by atoms with Crippen LogP contribution >= 0.6 is 0 Å². The Kier molecular flexibility index (Phi) is 3.04. The number of hydrogen-bond acceptors (Lipinski definition) is 3. The third-order valence-electron chi connectivity index (χ3n) is 3.77. The van der Waals surface area contributed by atoms with Crippen LogP contribution in [0.2, 0.25) is 0 Å². The van der Waals surface area contributed by atoms with Crippen molar-refractivity contribution >= 4 is 0 Å². The van der Waals surface area contributed by atoms with E-state index in [2.05, 4.69) is 0 Å². The zero-order valence-electron chi connectivity index (χ0n) is 12.2. The molecule has 0 fully saturated rings. The lowest BCUT2D eigenvalue weighted by molar-refractivity contribution is -0.187. The summed E-state index contributed by atoms with van der Waals surface area (Å²) < 4.78 is 17.6. The second-order valence-electron chi connectivity index (χ2n) is 5.13. The number of ether oxygens (including phenoxy) is 3. The van der Waals surface area contributed by atoms with E-state index in [-0.39, 0.29) is 0 Å². The van der Waals surface area contributed by atoms with Crippen LogP contribution in [0.25, 0.3) is 0 Å². The normalized spacial score (nSPS) is 15.2. The van der Waals surface area contributed by atoms with Crippen molar-refractivity contribution in [3.63, 3.8) is 0 Å². The molecule has 0 atom stereocenters. The summed E-state index contributed by atoms with van der Waals surface area (Å²) in [4.78, 5) is 0. The maximum atomic E-state index is 5.99. The molecule has 0 unspecified atom stereocenters. The molecule has 0 bridgehead atoms. The minimum absolute atomic E-state index is 0.774. The Balaban J connectivity index is 2.32. The third kappa shape index (κ3) is 1.74. The van der Waals surface area contributed by atoms with Gasteiger partial charge in [0.25, 0.3) is 0 Å². The van der Waals surface area contributed by atoms with Crippen molar-refractivity contribution in [3.05, 3.63) is 58.7 Å². The molecule has 104 valence electrons. The SMILES string of the molecule is COC1(OC)c2cc(C)ccc2Oc2ccc(C)cc21. The molecule has 0 radical (unpaired) electrons. The molecule has 1 heterocycles. The highest BCUT2D eigenvalue weighted by molar-refractivity contribution is 5.56. The molecule has 0 aliphatic carbocycles. The van der Waals surface area contributed by atoms with Crippen molar-refractivity contribution < 1.29 is 14.2 Å². The van der Waals surface area contributed by atoms with Gasteiger partial charge >= 0.3 is 0 Å². The maximum absolute atomic E-state index is 5.99. The molecule has 0 saturated heterocycles. The highest BCUT2D eigenvalue weighted by atomic mass is 16.7. The lowest BCUT2D eigenvalue weighted by atomic mass is 9.91.